The summed E-state index contributed by atoms with van der Waals surface area (Å²) in [6.07, 6.45) is 0.991. The number of rotatable bonds is 4. The molecule has 1 N–H and O–H groups in total. The molecule has 0 radical (unpaired) electrons. The summed E-state index contributed by atoms with van der Waals surface area (Å²) >= 11 is 3.15. The molecular formula is C19H17FN2O2S2. The normalized spacial score (nSPS) is 16.3. The highest BCUT2D eigenvalue weighted by Crippen LogP contribution is 2.36. The maximum absolute atomic E-state index is 13.6. The Labute approximate surface area is 158 Å². The third kappa shape index (κ3) is 3.68. The fraction of sp³-hybridized carbons (Fsp3) is 0.263. The van der Waals surface area contributed by atoms with Crippen LogP contribution in [0.1, 0.15) is 29.5 Å². The molecule has 0 bridgehead atoms. The lowest BCUT2D eigenvalue weighted by atomic mass is 10.0. The molecule has 4 rings (SSSR count). The van der Waals surface area contributed by atoms with Crippen LogP contribution < -0.4 is 5.32 Å². The largest absolute Gasteiger partial charge is 0.459 e. The van der Waals surface area contributed by atoms with Crippen LogP contribution in [0.4, 0.5) is 4.39 Å². The van der Waals surface area contributed by atoms with E-state index in [0.717, 1.165) is 33.4 Å². The maximum Gasteiger partial charge on any atom is 0.226 e. The summed E-state index contributed by atoms with van der Waals surface area (Å²) in [6.45, 7) is 1.88. The van der Waals surface area contributed by atoms with E-state index in [-0.39, 0.29) is 24.2 Å². The number of carbonyl (C=O) groups excluding carboxylic acids is 1. The molecule has 7 heteroatoms. The number of thiazole rings is 1. The van der Waals surface area contributed by atoms with Crippen molar-refractivity contribution in [3.05, 3.63) is 58.5 Å². The second-order valence-electron chi connectivity index (χ2n) is 6.17. The molecule has 1 unspecified atom stereocenters. The summed E-state index contributed by atoms with van der Waals surface area (Å²) in [5.41, 5.74) is 1.57. The molecule has 3 heterocycles. The van der Waals surface area contributed by atoms with Crippen LogP contribution in [0, 0.1) is 12.7 Å². The third-order valence-corrected chi connectivity index (χ3v) is 6.22. The molecule has 2 aromatic heterocycles. The first-order valence-electron chi connectivity index (χ1n) is 8.31. The smallest absolute Gasteiger partial charge is 0.226 e. The quantitative estimate of drug-likeness (QED) is 0.701. The molecule has 3 aromatic rings. The second kappa shape index (κ2) is 7.25. The van der Waals surface area contributed by atoms with Gasteiger partial charge in [0.05, 0.1) is 18.2 Å². The number of amides is 1. The van der Waals surface area contributed by atoms with Crippen LogP contribution in [0.2, 0.25) is 0 Å². The number of halogens is 1. The Morgan fingerprint density at radius 3 is 3.08 bits per heavy atom. The van der Waals surface area contributed by atoms with Crippen molar-refractivity contribution in [2.75, 3.05) is 5.75 Å². The number of aryl methyl sites for hydroxylation is 1. The fourth-order valence-electron chi connectivity index (χ4n) is 2.98. The molecule has 1 aliphatic rings. The zero-order chi connectivity index (χ0) is 18.1. The highest BCUT2D eigenvalue weighted by molar-refractivity contribution is 7.99. The molecule has 1 aromatic carbocycles. The number of nitrogens with one attached hydrogen (secondary N) is 1. The monoisotopic (exact) mass is 388 g/mol. The SMILES string of the molecule is Cc1ccc(-c2nc(CC(=O)NC3CCSc4ccc(F)cc43)cs2)o1. The molecule has 0 fully saturated rings. The molecule has 134 valence electrons. The van der Waals surface area contributed by atoms with Crippen molar-refractivity contribution in [2.45, 2.75) is 30.7 Å². The minimum atomic E-state index is -0.275. The predicted octanol–water partition coefficient (Wildman–Crippen LogP) is 4.75. The van der Waals surface area contributed by atoms with Gasteiger partial charge in [-0.3, -0.25) is 4.79 Å². The van der Waals surface area contributed by atoms with E-state index in [4.69, 9.17) is 4.42 Å². The zero-order valence-corrected chi connectivity index (χ0v) is 15.8. The van der Waals surface area contributed by atoms with E-state index in [1.807, 2.05) is 24.4 Å². The first-order chi connectivity index (χ1) is 12.6. The van der Waals surface area contributed by atoms with Gasteiger partial charge in [-0.25, -0.2) is 9.37 Å². The van der Waals surface area contributed by atoms with Crippen LogP contribution in [0.3, 0.4) is 0 Å². The molecule has 1 amide bonds. The first-order valence-corrected chi connectivity index (χ1v) is 10.2. The summed E-state index contributed by atoms with van der Waals surface area (Å²) in [6, 6.07) is 8.38. The summed E-state index contributed by atoms with van der Waals surface area (Å²) in [4.78, 5) is 18.0. The summed E-state index contributed by atoms with van der Waals surface area (Å²) in [5, 5.41) is 5.66. The number of hydrogen-bond donors (Lipinski definition) is 1. The van der Waals surface area contributed by atoms with Gasteiger partial charge in [0.15, 0.2) is 10.8 Å². The van der Waals surface area contributed by atoms with Crippen LogP contribution in [-0.4, -0.2) is 16.6 Å². The minimum absolute atomic E-state index is 0.107. The molecular weight excluding hydrogens is 371 g/mol. The number of furan rings is 1. The second-order valence-corrected chi connectivity index (χ2v) is 8.17. The Balaban J connectivity index is 1.44. The Morgan fingerprint density at radius 1 is 1.38 bits per heavy atom. The molecule has 4 nitrogen and oxygen atoms in total. The van der Waals surface area contributed by atoms with E-state index >= 15 is 0 Å². The molecule has 26 heavy (non-hydrogen) atoms. The number of fused-ring (bicyclic) bond motifs is 1. The van der Waals surface area contributed by atoms with E-state index in [0.29, 0.717) is 11.5 Å². The summed E-state index contributed by atoms with van der Waals surface area (Å²) < 4.78 is 19.1. The van der Waals surface area contributed by atoms with Gasteiger partial charge >= 0.3 is 0 Å². The molecule has 0 spiro atoms. The van der Waals surface area contributed by atoms with Crippen LogP contribution >= 0.6 is 23.1 Å². The van der Waals surface area contributed by atoms with Gasteiger partial charge in [-0.05, 0) is 49.2 Å². The van der Waals surface area contributed by atoms with Crippen molar-refractivity contribution in [2.24, 2.45) is 0 Å². The Kier molecular flexibility index (Phi) is 4.82. The number of benzene rings is 1. The molecule has 1 atom stereocenters. The first kappa shape index (κ1) is 17.3. The third-order valence-electron chi connectivity index (χ3n) is 4.19. The van der Waals surface area contributed by atoms with E-state index in [1.54, 1.807) is 17.8 Å². The van der Waals surface area contributed by atoms with Gasteiger partial charge in [-0.2, -0.15) is 0 Å². The maximum atomic E-state index is 13.6. The van der Waals surface area contributed by atoms with Gasteiger partial charge in [-0.15, -0.1) is 23.1 Å². The topological polar surface area (TPSA) is 55.1 Å². The lowest BCUT2D eigenvalue weighted by Gasteiger charge is -2.25. The molecule has 0 aliphatic carbocycles. The van der Waals surface area contributed by atoms with Crippen LogP contribution in [0.5, 0.6) is 0 Å². The molecule has 1 aliphatic heterocycles. The number of nitrogens with zero attached hydrogens (tertiary/aromatic N) is 1. The Morgan fingerprint density at radius 2 is 2.27 bits per heavy atom. The van der Waals surface area contributed by atoms with Gasteiger partial charge in [0.1, 0.15) is 11.6 Å². The van der Waals surface area contributed by atoms with Gasteiger partial charge < -0.3 is 9.73 Å². The molecule has 0 saturated carbocycles. The van der Waals surface area contributed by atoms with Crippen molar-refractivity contribution < 1.29 is 13.6 Å². The van der Waals surface area contributed by atoms with E-state index in [1.165, 1.54) is 23.5 Å². The van der Waals surface area contributed by atoms with E-state index in [2.05, 4.69) is 10.3 Å². The number of hydrogen-bond acceptors (Lipinski definition) is 5. The minimum Gasteiger partial charge on any atom is -0.459 e. The van der Waals surface area contributed by atoms with Crippen molar-refractivity contribution in [1.29, 1.82) is 0 Å². The van der Waals surface area contributed by atoms with Gasteiger partial charge in [0.25, 0.3) is 0 Å². The zero-order valence-electron chi connectivity index (χ0n) is 14.1. The lowest BCUT2D eigenvalue weighted by molar-refractivity contribution is -0.121. The van der Waals surface area contributed by atoms with E-state index < -0.39 is 0 Å². The van der Waals surface area contributed by atoms with Crippen LogP contribution in [0.25, 0.3) is 10.8 Å². The summed E-state index contributed by atoms with van der Waals surface area (Å²) in [5.74, 6) is 2.07. The van der Waals surface area contributed by atoms with Crippen molar-refractivity contribution in [3.63, 3.8) is 0 Å². The van der Waals surface area contributed by atoms with Crippen molar-refractivity contribution >= 4 is 29.0 Å². The highest BCUT2D eigenvalue weighted by Gasteiger charge is 2.23. The molecule has 0 saturated heterocycles. The van der Waals surface area contributed by atoms with Crippen LogP contribution in [0.15, 0.2) is 45.0 Å². The van der Waals surface area contributed by atoms with Gasteiger partial charge in [0.2, 0.25) is 5.91 Å². The Hall–Kier alpha value is -2.12. The fourth-order valence-corrected chi connectivity index (χ4v) is 4.86. The van der Waals surface area contributed by atoms with Crippen molar-refractivity contribution in [1.82, 2.24) is 10.3 Å². The van der Waals surface area contributed by atoms with Crippen molar-refractivity contribution in [3.8, 4) is 10.8 Å². The highest BCUT2D eigenvalue weighted by atomic mass is 32.2. The Bertz CT molecular complexity index is 951. The van der Waals surface area contributed by atoms with E-state index in [9.17, 15) is 9.18 Å². The van der Waals surface area contributed by atoms with Gasteiger partial charge in [-0.1, -0.05) is 0 Å². The standard InChI is InChI=1S/C19H17FN2O2S2/c1-11-2-4-16(24-11)19-21-13(10-26-19)9-18(23)22-15-6-7-25-17-5-3-12(20)8-14(15)17/h2-5,8,10,15H,6-7,9H2,1H3,(H,22,23). The van der Waals surface area contributed by atoms with Gasteiger partial charge in [0, 0.05) is 16.0 Å². The number of thioether (sulfide) groups is 1. The predicted molar refractivity (Wildman–Crippen MR) is 101 cm³/mol. The van der Waals surface area contributed by atoms with Crippen LogP contribution in [-0.2, 0) is 11.2 Å². The average molecular weight is 388 g/mol. The number of carbonyl (C=O) groups is 1. The average Bonchev–Trinajstić information content (AvgIpc) is 3.24. The number of aromatic nitrogens is 1. The lowest BCUT2D eigenvalue weighted by Crippen LogP contribution is -2.31. The summed E-state index contributed by atoms with van der Waals surface area (Å²) in [7, 11) is 0.